The highest BCUT2D eigenvalue weighted by atomic mass is 16.5. The van der Waals surface area contributed by atoms with Crippen molar-refractivity contribution in [2.45, 2.75) is 72.8 Å². The van der Waals surface area contributed by atoms with Gasteiger partial charge in [0.1, 0.15) is 17.1 Å². The normalized spacial score (nSPS) is 12.6. The molecule has 3 aromatic rings. The van der Waals surface area contributed by atoms with Crippen LogP contribution in [0.2, 0.25) is 0 Å². The van der Waals surface area contributed by atoms with Crippen LogP contribution in [0, 0.1) is 5.41 Å². The minimum absolute atomic E-state index is 0.0201. The highest BCUT2D eigenvalue weighted by Crippen LogP contribution is 2.29. The molecule has 1 atom stereocenters. The molecule has 0 saturated heterocycles. The number of ether oxygens (including phenoxy) is 2. The van der Waals surface area contributed by atoms with Crippen LogP contribution < -0.4 is 9.47 Å². The van der Waals surface area contributed by atoms with Crippen molar-refractivity contribution in [3.05, 3.63) is 95.1 Å². The average Bonchev–Trinajstić information content (AvgIpc) is 2.88. The number of carbonyl (C=O) groups excluding carboxylic acids is 2. The van der Waals surface area contributed by atoms with Crippen molar-refractivity contribution in [2.75, 3.05) is 0 Å². The molecule has 36 heavy (non-hydrogen) atoms. The van der Waals surface area contributed by atoms with Crippen molar-refractivity contribution in [3.8, 4) is 11.5 Å². The van der Waals surface area contributed by atoms with Gasteiger partial charge in [-0.2, -0.15) is 0 Å². The van der Waals surface area contributed by atoms with Crippen LogP contribution in [0.4, 0.5) is 0 Å². The maximum Gasteiger partial charge on any atom is 0.343 e. The second kappa shape index (κ2) is 11.1. The Hall–Kier alpha value is -3.40. The molecule has 4 heteroatoms. The lowest BCUT2D eigenvalue weighted by molar-refractivity contribution is 0.0734. The van der Waals surface area contributed by atoms with Crippen molar-refractivity contribution in [2.24, 2.45) is 5.41 Å². The molecule has 0 radical (unpaired) electrons. The zero-order chi connectivity index (χ0) is 26.5. The molecule has 0 heterocycles. The summed E-state index contributed by atoms with van der Waals surface area (Å²) in [6.45, 7) is 14.2. The van der Waals surface area contributed by atoms with Crippen molar-refractivity contribution in [1.82, 2.24) is 0 Å². The largest absolute Gasteiger partial charge is 0.488 e. The fraction of sp³-hybridized carbons (Fsp3) is 0.375. The summed E-state index contributed by atoms with van der Waals surface area (Å²) >= 11 is 0. The Morgan fingerprint density at radius 3 is 1.81 bits per heavy atom. The van der Waals surface area contributed by atoms with Crippen LogP contribution in [-0.4, -0.2) is 17.4 Å². The van der Waals surface area contributed by atoms with Crippen molar-refractivity contribution in [1.29, 1.82) is 0 Å². The molecule has 190 valence electrons. The van der Waals surface area contributed by atoms with Gasteiger partial charge in [-0.25, -0.2) is 4.79 Å². The molecule has 0 aliphatic carbocycles. The number of rotatable bonds is 10. The number of ketones is 1. The Bertz CT molecular complexity index is 1190. The van der Waals surface area contributed by atoms with E-state index in [1.165, 1.54) is 5.56 Å². The van der Waals surface area contributed by atoms with Gasteiger partial charge in [0.25, 0.3) is 0 Å². The van der Waals surface area contributed by atoms with Crippen LogP contribution in [0.15, 0.2) is 72.8 Å². The van der Waals surface area contributed by atoms with Gasteiger partial charge in [-0.05, 0) is 74.2 Å². The molecule has 0 fully saturated rings. The van der Waals surface area contributed by atoms with Crippen LogP contribution in [0.5, 0.6) is 11.5 Å². The maximum atomic E-state index is 12.8. The zero-order valence-electron chi connectivity index (χ0n) is 22.6. The molecule has 0 aromatic heterocycles. The topological polar surface area (TPSA) is 52.6 Å². The van der Waals surface area contributed by atoms with Crippen LogP contribution in [0.1, 0.15) is 99.1 Å². The first-order chi connectivity index (χ1) is 17.0. The van der Waals surface area contributed by atoms with Gasteiger partial charge in [0.15, 0.2) is 5.78 Å². The van der Waals surface area contributed by atoms with E-state index in [-0.39, 0.29) is 17.3 Å². The van der Waals surface area contributed by atoms with E-state index in [2.05, 4.69) is 39.8 Å². The Morgan fingerprint density at radius 1 is 0.750 bits per heavy atom. The Morgan fingerprint density at radius 2 is 1.28 bits per heavy atom. The van der Waals surface area contributed by atoms with Gasteiger partial charge in [-0.3, -0.25) is 4.79 Å². The average molecular weight is 487 g/mol. The van der Waals surface area contributed by atoms with Crippen molar-refractivity contribution in [3.63, 3.8) is 0 Å². The van der Waals surface area contributed by atoms with E-state index in [0.29, 0.717) is 16.9 Å². The standard InChI is InChI=1S/C32H38O4/c1-8-31(4,5)29(33)25-11-10-12-26(21-25)30(34)35-27-17-13-23(14-18-27)22(3)24-15-19-28(20-16-24)36-32(6,7)9-2/h10-22H,8-9H2,1-7H3. The number of carbonyl (C=O) groups is 2. The van der Waals surface area contributed by atoms with Crippen molar-refractivity contribution >= 4 is 11.8 Å². The third-order valence-corrected chi connectivity index (χ3v) is 7.08. The molecule has 4 nitrogen and oxygen atoms in total. The van der Waals surface area contributed by atoms with E-state index in [1.807, 2.05) is 45.0 Å². The van der Waals surface area contributed by atoms with Crippen LogP contribution in [-0.2, 0) is 0 Å². The second-order valence-electron chi connectivity index (χ2n) is 10.6. The summed E-state index contributed by atoms with van der Waals surface area (Å²) in [6.07, 6.45) is 1.66. The third kappa shape index (κ3) is 6.63. The lowest BCUT2D eigenvalue weighted by Crippen LogP contribution is -2.26. The third-order valence-electron chi connectivity index (χ3n) is 7.08. The SMILES string of the molecule is CCC(C)(C)Oc1ccc(C(C)c2ccc(OC(=O)c3cccc(C(=O)C(C)(C)CC)c3)cc2)cc1. The van der Waals surface area contributed by atoms with Gasteiger partial charge in [0, 0.05) is 16.9 Å². The van der Waals surface area contributed by atoms with Crippen molar-refractivity contribution < 1.29 is 19.1 Å². The summed E-state index contributed by atoms with van der Waals surface area (Å²) in [5.74, 6) is 1.04. The summed E-state index contributed by atoms with van der Waals surface area (Å²) in [5.41, 5.74) is 2.51. The zero-order valence-corrected chi connectivity index (χ0v) is 22.6. The van der Waals surface area contributed by atoms with E-state index in [9.17, 15) is 9.59 Å². The van der Waals surface area contributed by atoms with Gasteiger partial charge < -0.3 is 9.47 Å². The minimum Gasteiger partial charge on any atom is -0.488 e. The molecule has 0 saturated carbocycles. The highest BCUT2D eigenvalue weighted by molar-refractivity contribution is 6.02. The maximum absolute atomic E-state index is 12.8. The number of hydrogen-bond donors (Lipinski definition) is 0. The smallest absolute Gasteiger partial charge is 0.343 e. The van der Waals surface area contributed by atoms with Gasteiger partial charge in [0.2, 0.25) is 0 Å². The molecular formula is C32H38O4. The van der Waals surface area contributed by atoms with E-state index in [0.717, 1.165) is 24.2 Å². The predicted octanol–water partition coefficient (Wildman–Crippen LogP) is 8.24. The monoisotopic (exact) mass is 486 g/mol. The van der Waals surface area contributed by atoms with Gasteiger partial charge in [0.05, 0.1) is 5.56 Å². The van der Waals surface area contributed by atoms with Gasteiger partial charge >= 0.3 is 5.97 Å². The predicted molar refractivity (Wildman–Crippen MR) is 145 cm³/mol. The Balaban J connectivity index is 1.67. The lowest BCUT2D eigenvalue weighted by Gasteiger charge is -2.25. The highest BCUT2D eigenvalue weighted by Gasteiger charge is 2.27. The minimum atomic E-state index is -0.481. The molecular weight excluding hydrogens is 448 g/mol. The molecule has 0 aliphatic rings. The molecule has 1 unspecified atom stereocenters. The molecule has 3 rings (SSSR count). The molecule has 3 aromatic carbocycles. The first kappa shape index (κ1) is 27.2. The number of benzene rings is 3. The van der Waals surface area contributed by atoms with Gasteiger partial charge in [-0.15, -0.1) is 0 Å². The number of Topliss-reactive ketones (excluding diaryl/α,β-unsaturated/α-hetero) is 1. The van der Waals surface area contributed by atoms with Crippen LogP contribution in [0.25, 0.3) is 0 Å². The molecule has 0 bridgehead atoms. The number of hydrogen-bond acceptors (Lipinski definition) is 4. The first-order valence-electron chi connectivity index (χ1n) is 12.7. The quantitative estimate of drug-likeness (QED) is 0.164. The van der Waals surface area contributed by atoms with E-state index < -0.39 is 11.4 Å². The summed E-state index contributed by atoms with van der Waals surface area (Å²) in [7, 11) is 0. The van der Waals surface area contributed by atoms with Crippen LogP contribution >= 0.6 is 0 Å². The fourth-order valence-electron chi connectivity index (χ4n) is 3.74. The number of esters is 1. The van der Waals surface area contributed by atoms with E-state index >= 15 is 0 Å². The molecule has 0 aliphatic heterocycles. The molecule has 0 N–H and O–H groups in total. The lowest BCUT2D eigenvalue weighted by atomic mass is 9.82. The second-order valence-corrected chi connectivity index (χ2v) is 10.6. The molecule has 0 spiro atoms. The Labute approximate surface area is 215 Å². The van der Waals surface area contributed by atoms with Crippen LogP contribution in [0.3, 0.4) is 0 Å². The fourth-order valence-corrected chi connectivity index (χ4v) is 3.74. The summed E-state index contributed by atoms with van der Waals surface area (Å²) in [6, 6.07) is 22.5. The summed E-state index contributed by atoms with van der Waals surface area (Å²) < 4.78 is 11.6. The van der Waals surface area contributed by atoms with E-state index in [1.54, 1.807) is 36.4 Å². The molecule has 0 amide bonds. The Kier molecular flexibility index (Phi) is 8.39. The first-order valence-corrected chi connectivity index (χ1v) is 12.7. The summed E-state index contributed by atoms with van der Waals surface area (Å²) in [4.78, 5) is 25.5. The van der Waals surface area contributed by atoms with Gasteiger partial charge in [-0.1, -0.05) is 71.0 Å². The summed E-state index contributed by atoms with van der Waals surface area (Å²) in [5, 5.41) is 0. The van der Waals surface area contributed by atoms with E-state index in [4.69, 9.17) is 9.47 Å².